The summed E-state index contributed by atoms with van der Waals surface area (Å²) in [6, 6.07) is 27.7. The van der Waals surface area contributed by atoms with Crippen molar-refractivity contribution in [3.8, 4) is 11.1 Å². The molecule has 0 heterocycles. The van der Waals surface area contributed by atoms with E-state index in [2.05, 4.69) is 210 Å². The minimum absolute atomic E-state index is 0. The number of hydrogen-bond acceptors (Lipinski definition) is 0. The van der Waals surface area contributed by atoms with Crippen molar-refractivity contribution in [2.45, 2.75) is 170 Å². The summed E-state index contributed by atoms with van der Waals surface area (Å²) in [7, 11) is 0. The van der Waals surface area contributed by atoms with Crippen molar-refractivity contribution in [1.82, 2.24) is 0 Å². The van der Waals surface area contributed by atoms with Crippen molar-refractivity contribution in [3.63, 3.8) is 0 Å². The summed E-state index contributed by atoms with van der Waals surface area (Å²) >= 11 is -5.17. The van der Waals surface area contributed by atoms with Crippen LogP contribution in [0.2, 0.25) is 0 Å². The summed E-state index contributed by atoms with van der Waals surface area (Å²) in [4.78, 5) is 0. The predicted octanol–water partition coefficient (Wildman–Crippen LogP) is 14.1. The van der Waals surface area contributed by atoms with Crippen molar-refractivity contribution in [2.24, 2.45) is 0 Å². The zero-order valence-electron chi connectivity index (χ0n) is 39.5. The molecule has 0 amide bonds. The van der Waals surface area contributed by atoms with Crippen LogP contribution in [-0.2, 0) is 57.2 Å². The fourth-order valence-electron chi connectivity index (χ4n) is 10.1. The Morgan fingerprint density at radius 3 is 1.26 bits per heavy atom. The van der Waals surface area contributed by atoms with Crippen LogP contribution in [0.5, 0.6) is 0 Å². The molecule has 0 bridgehead atoms. The zero-order valence-corrected chi connectivity index (χ0v) is 43.6. The number of rotatable bonds is 4. The maximum absolute atomic E-state index is 6.03. The molecule has 2 aliphatic rings. The first-order chi connectivity index (χ1) is 25.4. The second kappa shape index (κ2) is 15.2. The Labute approximate surface area is 368 Å². The summed E-state index contributed by atoms with van der Waals surface area (Å²) in [6.45, 7) is 43.1. The molecule has 0 radical (unpaired) electrons. The quantitative estimate of drug-likeness (QED) is 0.169. The van der Waals surface area contributed by atoms with Gasteiger partial charge in [0.2, 0.25) is 0 Å². The first-order valence-corrected chi connectivity index (χ1v) is 28.1. The van der Waals surface area contributed by atoms with Gasteiger partial charge in [0.15, 0.2) is 0 Å². The Morgan fingerprint density at radius 2 is 0.897 bits per heavy atom. The molecular weight excluding hydrogens is 823 g/mol. The van der Waals surface area contributed by atoms with E-state index in [4.69, 9.17) is 4.21 Å². The molecule has 0 N–H and O–H groups in total. The van der Waals surface area contributed by atoms with Crippen LogP contribution in [-0.4, -0.2) is 4.21 Å². The summed E-state index contributed by atoms with van der Waals surface area (Å²) in [5.41, 5.74) is 14.5. The molecular formula is C55H76Cl2Zr. The van der Waals surface area contributed by atoms with Gasteiger partial charge in [-0.25, -0.2) is 0 Å². The van der Waals surface area contributed by atoms with E-state index >= 15 is 0 Å². The summed E-state index contributed by atoms with van der Waals surface area (Å²) in [6.07, 6.45) is 9.08. The molecule has 0 fully saturated rings. The van der Waals surface area contributed by atoms with E-state index in [9.17, 15) is 0 Å². The summed E-state index contributed by atoms with van der Waals surface area (Å²) in [5, 5.41) is 0. The molecule has 0 spiro atoms. The number of halogens is 2. The molecule has 0 saturated heterocycles. The summed E-state index contributed by atoms with van der Waals surface area (Å²) < 4.78 is 12.0. The fourth-order valence-corrected chi connectivity index (χ4v) is 26.7. The van der Waals surface area contributed by atoms with Crippen molar-refractivity contribution in [1.29, 1.82) is 0 Å². The minimum atomic E-state index is -5.17. The topological polar surface area (TPSA) is 0 Å². The fraction of sp³-hybridized carbons (Fsp3) is 0.473. The average Bonchev–Trinajstić information content (AvgIpc) is 3.73. The second-order valence-electron chi connectivity index (χ2n) is 23.9. The van der Waals surface area contributed by atoms with E-state index in [0.717, 1.165) is 12.8 Å². The second-order valence-corrected chi connectivity index (χ2v) is 36.7. The zero-order chi connectivity index (χ0) is 41.8. The Balaban J connectivity index is 0.00000372. The predicted molar refractivity (Wildman–Crippen MR) is 262 cm³/mol. The van der Waals surface area contributed by atoms with Gasteiger partial charge in [0.05, 0.1) is 0 Å². The van der Waals surface area contributed by atoms with Gasteiger partial charge in [0, 0.05) is 0 Å². The normalized spacial score (nSPS) is 15.1. The van der Waals surface area contributed by atoms with Gasteiger partial charge in [0.1, 0.15) is 0 Å². The van der Waals surface area contributed by atoms with Gasteiger partial charge in [-0.05, 0) is 0 Å². The molecule has 0 unspecified atom stereocenters. The van der Waals surface area contributed by atoms with E-state index < -0.39 is 18.3 Å². The molecule has 4 aromatic rings. The SMILES string of the molecule is Cl.Cl.[CH2]=[Zr]([C]1=CC=CC1)([c]1ccc(C(C)(C)C)cc1)([c]1ccc(C(C)(C)C)cc1)[c]1c2c(cc(C(C)(C)C)c1C(C)(C)C)-c1cc(C(C)(C)C)c(C(C)(C)C)cc1C2. The van der Waals surface area contributed by atoms with E-state index in [-0.39, 0.29) is 57.3 Å². The van der Waals surface area contributed by atoms with Gasteiger partial charge in [-0.3, -0.25) is 0 Å². The van der Waals surface area contributed by atoms with Crippen molar-refractivity contribution < 1.29 is 18.3 Å². The van der Waals surface area contributed by atoms with Gasteiger partial charge >= 0.3 is 346 Å². The number of benzene rings is 4. The molecule has 3 heteroatoms. The molecule has 0 saturated carbocycles. The monoisotopic (exact) mass is 896 g/mol. The van der Waals surface area contributed by atoms with Crippen LogP contribution in [0, 0.1) is 0 Å². The van der Waals surface area contributed by atoms with E-state index in [0.29, 0.717) is 0 Å². The van der Waals surface area contributed by atoms with E-state index in [1.54, 1.807) is 6.55 Å². The molecule has 0 atom stereocenters. The summed E-state index contributed by atoms with van der Waals surface area (Å²) in [5.74, 6) is 0. The maximum atomic E-state index is 6.03. The standard InChI is InChI=1S/C29H41.2C10H13.C5H5.CH2.2ClH.Zr/c1-26(2,3)22-14-18-13-19-15-23(27(4,5)6)25(29(10,11)12)17-21(19)20(18)16-24(22)28(7,8)9;2*1-10(2,3)9-7-5-4-6-8-9;1-2-4-5-3-1;;;;/h14,16-17H,13H2,1-12H3;2*5-8H,1-3H3;1-3H,4H2;1H2;2*1H;. The van der Waals surface area contributed by atoms with Crippen LogP contribution in [0.1, 0.15) is 176 Å². The van der Waals surface area contributed by atoms with Crippen LogP contribution < -0.4 is 9.81 Å². The van der Waals surface area contributed by atoms with Gasteiger partial charge in [-0.2, -0.15) is 0 Å². The molecule has 58 heavy (non-hydrogen) atoms. The Bertz CT molecular complexity index is 2260. The van der Waals surface area contributed by atoms with Gasteiger partial charge < -0.3 is 0 Å². The van der Waals surface area contributed by atoms with E-state index in [1.165, 1.54) is 62.2 Å². The third kappa shape index (κ3) is 7.98. The van der Waals surface area contributed by atoms with Gasteiger partial charge in [-0.1, -0.05) is 0 Å². The van der Waals surface area contributed by atoms with Crippen molar-refractivity contribution in [2.75, 3.05) is 0 Å². The first-order valence-electron chi connectivity index (χ1n) is 21.4. The van der Waals surface area contributed by atoms with Crippen LogP contribution in [0.15, 0.2) is 88.2 Å². The molecule has 314 valence electrons. The molecule has 6 rings (SSSR count). The van der Waals surface area contributed by atoms with Crippen LogP contribution in [0.3, 0.4) is 0 Å². The van der Waals surface area contributed by atoms with Crippen molar-refractivity contribution in [3.05, 3.63) is 133 Å². The van der Waals surface area contributed by atoms with Crippen LogP contribution >= 0.6 is 24.8 Å². The van der Waals surface area contributed by atoms with Crippen molar-refractivity contribution >= 4 is 38.8 Å². The first kappa shape index (κ1) is 48.4. The average molecular weight is 899 g/mol. The number of fused-ring (bicyclic) bond motifs is 3. The Morgan fingerprint density at radius 1 is 0.483 bits per heavy atom. The van der Waals surface area contributed by atoms with Crippen LogP contribution in [0.4, 0.5) is 0 Å². The van der Waals surface area contributed by atoms with E-state index in [1.807, 2.05) is 0 Å². The number of allylic oxidation sites excluding steroid dienone is 4. The molecule has 2 aliphatic carbocycles. The molecule has 4 aromatic carbocycles. The van der Waals surface area contributed by atoms with Crippen LogP contribution in [0.25, 0.3) is 11.1 Å². The molecule has 0 aliphatic heterocycles. The molecule has 0 aromatic heterocycles. The number of hydrogen-bond donors (Lipinski definition) is 0. The third-order valence-corrected chi connectivity index (χ3v) is 29.7. The Hall–Kier alpha value is -2.31. The third-order valence-electron chi connectivity index (χ3n) is 13.3. The Kier molecular flexibility index (Phi) is 12.7. The van der Waals surface area contributed by atoms with Gasteiger partial charge in [0.25, 0.3) is 0 Å². The van der Waals surface area contributed by atoms with Gasteiger partial charge in [-0.15, -0.1) is 24.8 Å². The molecule has 0 nitrogen and oxygen atoms in total.